The van der Waals surface area contributed by atoms with Gasteiger partial charge in [-0.25, -0.2) is 0 Å². The fraction of sp³-hybridized carbons (Fsp3) is 0.727. The minimum atomic E-state index is 0.126. The number of hydrogen-bond donors (Lipinski definition) is 1. The van der Waals surface area contributed by atoms with Crippen molar-refractivity contribution in [2.75, 3.05) is 39.3 Å². The quantitative estimate of drug-likeness (QED) is 0.693. The molecule has 2 aliphatic heterocycles. The van der Waals surface area contributed by atoms with Crippen LogP contribution in [0.3, 0.4) is 0 Å². The standard InChI is InChI=1S/C22H36N4O2/c1-18(2)28-14-10-24-22(27)20-6-4-11-26(17-20)21-7-12-25(13-8-21)16-19-5-3-9-23-15-19/h3,5,9,15,18,20-21H,4,6-8,10-14,16-17H2,1-2H3,(H,24,27)/t20-/m1/s1. The molecule has 156 valence electrons. The van der Waals surface area contributed by atoms with E-state index in [9.17, 15) is 4.79 Å². The highest BCUT2D eigenvalue weighted by Crippen LogP contribution is 2.24. The van der Waals surface area contributed by atoms with Gasteiger partial charge in [0.2, 0.25) is 5.91 Å². The first-order valence-corrected chi connectivity index (χ1v) is 10.9. The fourth-order valence-corrected chi connectivity index (χ4v) is 4.36. The number of carbonyl (C=O) groups excluding carboxylic acids is 1. The van der Waals surface area contributed by atoms with Crippen molar-refractivity contribution in [3.8, 4) is 0 Å². The van der Waals surface area contributed by atoms with Gasteiger partial charge in [0.15, 0.2) is 0 Å². The Hall–Kier alpha value is -1.50. The van der Waals surface area contributed by atoms with E-state index in [0.29, 0.717) is 19.2 Å². The highest BCUT2D eigenvalue weighted by Gasteiger charge is 2.31. The van der Waals surface area contributed by atoms with E-state index >= 15 is 0 Å². The number of hydrogen-bond acceptors (Lipinski definition) is 5. The summed E-state index contributed by atoms with van der Waals surface area (Å²) in [5, 5.41) is 3.06. The zero-order valence-electron chi connectivity index (χ0n) is 17.5. The summed E-state index contributed by atoms with van der Waals surface area (Å²) in [6.07, 6.45) is 8.52. The average Bonchev–Trinajstić information content (AvgIpc) is 2.72. The number of rotatable bonds is 8. The SMILES string of the molecule is CC(C)OCCNC(=O)[C@@H]1CCCN(C2CCN(Cc3cccnc3)CC2)C1. The number of nitrogens with zero attached hydrogens (tertiary/aromatic N) is 3. The van der Waals surface area contributed by atoms with E-state index in [1.54, 1.807) is 0 Å². The second-order valence-corrected chi connectivity index (χ2v) is 8.41. The normalized spacial score (nSPS) is 22.5. The maximum absolute atomic E-state index is 12.5. The van der Waals surface area contributed by atoms with Crippen molar-refractivity contribution in [3.05, 3.63) is 30.1 Å². The van der Waals surface area contributed by atoms with Crippen LogP contribution in [0.4, 0.5) is 0 Å². The molecule has 3 heterocycles. The second kappa shape index (κ2) is 10.9. The molecule has 0 unspecified atom stereocenters. The average molecular weight is 389 g/mol. The summed E-state index contributed by atoms with van der Waals surface area (Å²) in [7, 11) is 0. The van der Waals surface area contributed by atoms with Crippen LogP contribution in [0.1, 0.15) is 45.1 Å². The highest BCUT2D eigenvalue weighted by molar-refractivity contribution is 5.78. The Morgan fingerprint density at radius 2 is 2.11 bits per heavy atom. The Labute approximate surface area is 169 Å². The van der Waals surface area contributed by atoms with Crippen molar-refractivity contribution in [1.82, 2.24) is 20.1 Å². The largest absolute Gasteiger partial charge is 0.377 e. The molecule has 0 aliphatic carbocycles. The molecule has 3 rings (SSSR count). The smallest absolute Gasteiger partial charge is 0.224 e. The van der Waals surface area contributed by atoms with E-state index in [2.05, 4.69) is 26.2 Å². The third-order valence-corrected chi connectivity index (χ3v) is 5.88. The van der Waals surface area contributed by atoms with Gasteiger partial charge in [0.1, 0.15) is 0 Å². The van der Waals surface area contributed by atoms with Gasteiger partial charge in [0.25, 0.3) is 0 Å². The van der Waals surface area contributed by atoms with E-state index in [4.69, 9.17) is 4.74 Å². The lowest BCUT2D eigenvalue weighted by Crippen LogP contribution is -2.50. The maximum atomic E-state index is 12.5. The summed E-state index contributed by atoms with van der Waals surface area (Å²) >= 11 is 0. The van der Waals surface area contributed by atoms with Gasteiger partial charge in [-0.3, -0.25) is 19.6 Å². The van der Waals surface area contributed by atoms with Crippen LogP contribution in [0.15, 0.2) is 24.5 Å². The summed E-state index contributed by atoms with van der Waals surface area (Å²) in [4.78, 5) is 21.8. The Bertz CT molecular complexity index is 587. The molecule has 0 bridgehead atoms. The number of amides is 1. The number of pyridine rings is 1. The molecule has 0 saturated carbocycles. The van der Waals surface area contributed by atoms with Gasteiger partial charge < -0.3 is 10.1 Å². The number of carbonyl (C=O) groups is 1. The molecule has 2 saturated heterocycles. The van der Waals surface area contributed by atoms with Crippen molar-refractivity contribution in [1.29, 1.82) is 0 Å². The van der Waals surface area contributed by atoms with Gasteiger partial charge in [0.05, 0.1) is 18.6 Å². The van der Waals surface area contributed by atoms with Gasteiger partial charge in [-0.2, -0.15) is 0 Å². The molecule has 2 aliphatic rings. The van der Waals surface area contributed by atoms with Crippen molar-refractivity contribution < 1.29 is 9.53 Å². The minimum absolute atomic E-state index is 0.126. The van der Waals surface area contributed by atoms with E-state index in [1.807, 2.05) is 32.3 Å². The predicted octanol–water partition coefficient (Wildman–Crippen LogP) is 2.30. The van der Waals surface area contributed by atoms with Crippen molar-refractivity contribution in [3.63, 3.8) is 0 Å². The van der Waals surface area contributed by atoms with Gasteiger partial charge in [-0.1, -0.05) is 6.07 Å². The summed E-state index contributed by atoms with van der Waals surface area (Å²) in [6.45, 7) is 10.5. The molecule has 1 aromatic heterocycles. The van der Waals surface area contributed by atoms with E-state index < -0.39 is 0 Å². The Morgan fingerprint density at radius 3 is 2.82 bits per heavy atom. The number of aromatic nitrogens is 1. The maximum Gasteiger partial charge on any atom is 0.224 e. The summed E-state index contributed by atoms with van der Waals surface area (Å²) in [5.41, 5.74) is 1.29. The van der Waals surface area contributed by atoms with Crippen molar-refractivity contribution in [2.24, 2.45) is 5.92 Å². The molecule has 1 atom stereocenters. The lowest BCUT2D eigenvalue weighted by atomic mass is 9.93. The first-order chi connectivity index (χ1) is 13.6. The molecule has 1 N–H and O–H groups in total. The molecule has 1 aromatic rings. The van der Waals surface area contributed by atoms with Gasteiger partial charge >= 0.3 is 0 Å². The van der Waals surface area contributed by atoms with E-state index in [1.165, 1.54) is 18.4 Å². The lowest BCUT2D eigenvalue weighted by molar-refractivity contribution is -0.127. The van der Waals surface area contributed by atoms with E-state index in [0.717, 1.165) is 45.6 Å². The Balaban J connectivity index is 1.39. The monoisotopic (exact) mass is 388 g/mol. The molecule has 1 amide bonds. The third-order valence-electron chi connectivity index (χ3n) is 5.88. The summed E-state index contributed by atoms with van der Waals surface area (Å²) < 4.78 is 5.51. The summed E-state index contributed by atoms with van der Waals surface area (Å²) in [5.74, 6) is 0.326. The molecule has 0 aromatic carbocycles. The Kier molecular flexibility index (Phi) is 8.25. The van der Waals surface area contributed by atoms with Crippen LogP contribution >= 0.6 is 0 Å². The molecule has 2 fully saturated rings. The number of ether oxygens (including phenoxy) is 1. The molecule has 28 heavy (non-hydrogen) atoms. The second-order valence-electron chi connectivity index (χ2n) is 8.41. The fourth-order valence-electron chi connectivity index (χ4n) is 4.36. The van der Waals surface area contributed by atoms with Crippen LogP contribution in [0.5, 0.6) is 0 Å². The van der Waals surface area contributed by atoms with Crippen LogP contribution in [0.2, 0.25) is 0 Å². The molecule has 6 nitrogen and oxygen atoms in total. The molecular weight excluding hydrogens is 352 g/mol. The number of nitrogens with one attached hydrogen (secondary N) is 1. The zero-order valence-corrected chi connectivity index (χ0v) is 17.5. The van der Waals surface area contributed by atoms with E-state index in [-0.39, 0.29) is 17.9 Å². The summed E-state index contributed by atoms with van der Waals surface area (Å²) in [6, 6.07) is 4.78. The van der Waals surface area contributed by atoms with Crippen LogP contribution in [-0.2, 0) is 16.1 Å². The van der Waals surface area contributed by atoms with Crippen LogP contribution in [0.25, 0.3) is 0 Å². The first kappa shape index (κ1) is 21.2. The van der Waals surface area contributed by atoms with Crippen LogP contribution in [-0.4, -0.2) is 72.2 Å². The molecular formula is C22H36N4O2. The number of likely N-dealkylation sites (tertiary alicyclic amines) is 2. The van der Waals surface area contributed by atoms with Crippen molar-refractivity contribution >= 4 is 5.91 Å². The molecule has 6 heteroatoms. The minimum Gasteiger partial charge on any atom is -0.377 e. The van der Waals surface area contributed by atoms with Crippen LogP contribution in [0, 0.1) is 5.92 Å². The van der Waals surface area contributed by atoms with Gasteiger partial charge in [-0.05, 0) is 70.8 Å². The van der Waals surface area contributed by atoms with Gasteiger partial charge in [-0.15, -0.1) is 0 Å². The molecule has 0 spiro atoms. The molecule has 0 radical (unpaired) electrons. The third kappa shape index (κ3) is 6.54. The number of piperidine rings is 2. The van der Waals surface area contributed by atoms with Crippen molar-refractivity contribution in [2.45, 2.75) is 58.2 Å². The Morgan fingerprint density at radius 1 is 1.29 bits per heavy atom. The topological polar surface area (TPSA) is 57.7 Å². The predicted molar refractivity (Wildman–Crippen MR) is 111 cm³/mol. The lowest BCUT2D eigenvalue weighted by Gasteiger charge is -2.42. The van der Waals surface area contributed by atoms with Gasteiger partial charge in [0, 0.05) is 38.1 Å². The zero-order chi connectivity index (χ0) is 19.8. The highest BCUT2D eigenvalue weighted by atomic mass is 16.5. The first-order valence-electron chi connectivity index (χ1n) is 10.9. The van der Waals surface area contributed by atoms with Crippen LogP contribution < -0.4 is 5.32 Å².